The van der Waals surface area contributed by atoms with Gasteiger partial charge in [0.05, 0.1) is 30.7 Å². The van der Waals surface area contributed by atoms with E-state index in [1.807, 2.05) is 48.5 Å². The number of carbonyl (C=O) groups is 1. The van der Waals surface area contributed by atoms with Crippen LogP contribution in [0.2, 0.25) is 0 Å². The zero-order valence-corrected chi connectivity index (χ0v) is 22.3. The first-order valence-corrected chi connectivity index (χ1v) is 12.9. The molecule has 0 heterocycles. The van der Waals surface area contributed by atoms with Gasteiger partial charge < -0.3 is 14.8 Å². The monoisotopic (exact) mass is 516 g/mol. The molecule has 2 atom stereocenters. The Morgan fingerprint density at radius 1 is 0.921 bits per heavy atom. The highest BCUT2D eigenvalue weighted by Gasteiger charge is 2.27. The summed E-state index contributed by atoms with van der Waals surface area (Å²) in [7, 11) is 2.99. The van der Waals surface area contributed by atoms with Crippen LogP contribution in [0.1, 0.15) is 66.6 Å². The Bertz CT molecular complexity index is 1200. The van der Waals surface area contributed by atoms with Gasteiger partial charge in [-0.3, -0.25) is 10.1 Å². The van der Waals surface area contributed by atoms with Crippen molar-refractivity contribution in [3.63, 3.8) is 0 Å². The molecule has 0 spiro atoms. The maximum Gasteiger partial charge on any atom is 0.337 e. The van der Waals surface area contributed by atoms with E-state index in [0.29, 0.717) is 5.56 Å². The first kappa shape index (κ1) is 28.4. The third kappa shape index (κ3) is 7.44. The summed E-state index contributed by atoms with van der Waals surface area (Å²) in [5, 5.41) is 15.0. The molecule has 0 saturated carbocycles. The van der Waals surface area contributed by atoms with Crippen LogP contribution >= 0.6 is 0 Å². The van der Waals surface area contributed by atoms with Crippen molar-refractivity contribution in [1.82, 2.24) is 0 Å². The molecular formula is C31H36N2O5. The normalized spacial score (nSPS) is 12.3. The van der Waals surface area contributed by atoms with E-state index in [0.717, 1.165) is 60.2 Å². The highest BCUT2D eigenvalue weighted by Crippen LogP contribution is 2.39. The third-order valence-corrected chi connectivity index (χ3v) is 6.77. The fraction of sp³-hybridized carbons (Fsp3) is 0.323. The Balaban J connectivity index is 2.01. The lowest BCUT2D eigenvalue weighted by molar-refractivity contribution is -0.384. The molecule has 0 amide bonds. The molecule has 0 aromatic heterocycles. The number of methoxy groups -OCH3 is 2. The molecule has 0 radical (unpaired) electrons. The zero-order chi connectivity index (χ0) is 27.5. The average molecular weight is 517 g/mol. The number of unbranched alkanes of at least 4 members (excludes halogenated alkanes) is 3. The van der Waals surface area contributed by atoms with Crippen molar-refractivity contribution < 1.29 is 19.2 Å². The molecule has 3 aromatic rings. The predicted molar refractivity (Wildman–Crippen MR) is 152 cm³/mol. The first-order valence-electron chi connectivity index (χ1n) is 12.9. The van der Waals surface area contributed by atoms with Gasteiger partial charge in [-0.1, -0.05) is 63.5 Å². The molecule has 0 bridgehead atoms. The molecule has 38 heavy (non-hydrogen) atoms. The highest BCUT2D eigenvalue weighted by atomic mass is 16.6. The SMILES string of the molecule is C=C(c1ccc(C(=O)OC)cc1)[C@@H](CCCCCC)[C@@H](Nc1ccc(OC)cc1)c1ccc([N+](=O)[O-])cc1. The standard InChI is InChI=1S/C31H36N2O5/c1-5-6-7-8-9-29(22(2)23-10-12-25(13-11-23)31(34)38-4)30(24-14-18-27(19-15-24)33(35)36)32-26-16-20-28(37-3)21-17-26/h10-21,29-30,32H,2,5-9H2,1,3-4H3/t29-,30+/m1/s1. The minimum Gasteiger partial charge on any atom is -0.497 e. The Hall–Kier alpha value is -4.13. The lowest BCUT2D eigenvalue weighted by Gasteiger charge is -2.31. The van der Waals surface area contributed by atoms with Crippen LogP contribution in [0, 0.1) is 16.0 Å². The van der Waals surface area contributed by atoms with Crippen LogP contribution in [0.3, 0.4) is 0 Å². The summed E-state index contributed by atoms with van der Waals surface area (Å²) in [6.45, 7) is 6.68. The Kier molecular flexibility index (Phi) is 10.5. The zero-order valence-electron chi connectivity index (χ0n) is 22.3. The van der Waals surface area contributed by atoms with Crippen molar-refractivity contribution in [2.75, 3.05) is 19.5 Å². The summed E-state index contributed by atoms with van der Waals surface area (Å²) in [6, 6.07) is 21.5. The first-order chi connectivity index (χ1) is 18.4. The second-order valence-electron chi connectivity index (χ2n) is 9.25. The van der Waals surface area contributed by atoms with Crippen molar-refractivity contribution in [3.05, 3.63) is 106 Å². The number of ether oxygens (including phenoxy) is 2. The van der Waals surface area contributed by atoms with Gasteiger partial charge in [-0.05, 0) is 59.5 Å². The van der Waals surface area contributed by atoms with Crippen LogP contribution in [0.5, 0.6) is 5.75 Å². The van der Waals surface area contributed by atoms with Crippen molar-refractivity contribution in [2.45, 2.75) is 45.1 Å². The van der Waals surface area contributed by atoms with Crippen LogP contribution in [-0.2, 0) is 4.74 Å². The van der Waals surface area contributed by atoms with E-state index >= 15 is 0 Å². The number of non-ortho nitro benzene ring substituents is 1. The molecule has 0 aliphatic heterocycles. The number of carbonyl (C=O) groups excluding carboxylic acids is 1. The summed E-state index contributed by atoms with van der Waals surface area (Å²) in [5.41, 5.74) is 4.23. The summed E-state index contributed by atoms with van der Waals surface area (Å²) in [4.78, 5) is 22.8. The molecule has 3 rings (SSSR count). The molecule has 0 aliphatic carbocycles. The van der Waals surface area contributed by atoms with Gasteiger partial charge in [-0.15, -0.1) is 0 Å². The molecule has 0 fully saturated rings. The Morgan fingerprint density at radius 3 is 2.11 bits per heavy atom. The van der Waals surface area contributed by atoms with Crippen LogP contribution in [0.25, 0.3) is 5.57 Å². The highest BCUT2D eigenvalue weighted by molar-refractivity contribution is 5.89. The minimum absolute atomic E-state index is 0.0145. The number of esters is 1. The maximum atomic E-state index is 11.9. The lowest BCUT2D eigenvalue weighted by Crippen LogP contribution is -2.22. The fourth-order valence-corrected chi connectivity index (χ4v) is 4.57. The van der Waals surface area contributed by atoms with E-state index in [9.17, 15) is 14.9 Å². The summed E-state index contributed by atoms with van der Waals surface area (Å²) < 4.78 is 10.1. The Labute approximate surface area is 224 Å². The molecule has 3 aromatic carbocycles. The number of hydrogen-bond donors (Lipinski definition) is 1. The predicted octanol–water partition coefficient (Wildman–Crippen LogP) is 7.84. The molecule has 0 saturated heterocycles. The van der Waals surface area contributed by atoms with E-state index in [1.165, 1.54) is 7.11 Å². The summed E-state index contributed by atoms with van der Waals surface area (Å²) in [5.74, 6) is 0.358. The smallest absolute Gasteiger partial charge is 0.337 e. The van der Waals surface area contributed by atoms with Crippen LogP contribution in [0.15, 0.2) is 79.4 Å². The van der Waals surface area contributed by atoms with Crippen LogP contribution < -0.4 is 10.1 Å². The summed E-state index contributed by atoms with van der Waals surface area (Å²) in [6.07, 6.45) is 5.29. The number of hydrogen-bond acceptors (Lipinski definition) is 6. The number of nitro groups is 1. The van der Waals surface area contributed by atoms with E-state index < -0.39 is 0 Å². The number of rotatable bonds is 14. The van der Waals surface area contributed by atoms with E-state index in [2.05, 4.69) is 18.8 Å². The van der Waals surface area contributed by atoms with E-state index in [4.69, 9.17) is 9.47 Å². The van der Waals surface area contributed by atoms with Crippen molar-refractivity contribution in [3.8, 4) is 5.75 Å². The topological polar surface area (TPSA) is 90.7 Å². The molecule has 7 heteroatoms. The van der Waals surface area contributed by atoms with Gasteiger partial charge in [0.15, 0.2) is 0 Å². The third-order valence-electron chi connectivity index (χ3n) is 6.77. The molecular weight excluding hydrogens is 480 g/mol. The van der Waals surface area contributed by atoms with Crippen molar-refractivity contribution in [1.29, 1.82) is 0 Å². The number of benzene rings is 3. The minimum atomic E-state index is -0.389. The van der Waals surface area contributed by atoms with Crippen molar-refractivity contribution in [2.24, 2.45) is 5.92 Å². The molecule has 0 aliphatic rings. The van der Waals surface area contributed by atoms with Gasteiger partial charge in [-0.25, -0.2) is 4.79 Å². The van der Waals surface area contributed by atoms with Gasteiger partial charge in [0.1, 0.15) is 5.75 Å². The van der Waals surface area contributed by atoms with Crippen molar-refractivity contribution >= 4 is 22.9 Å². The second kappa shape index (κ2) is 14.0. The average Bonchev–Trinajstić information content (AvgIpc) is 2.96. The second-order valence-corrected chi connectivity index (χ2v) is 9.25. The van der Waals surface area contributed by atoms with Crippen LogP contribution in [0.4, 0.5) is 11.4 Å². The van der Waals surface area contributed by atoms with Gasteiger partial charge >= 0.3 is 5.97 Å². The largest absolute Gasteiger partial charge is 0.497 e. The maximum absolute atomic E-state index is 11.9. The van der Waals surface area contributed by atoms with Gasteiger partial charge in [0, 0.05) is 23.7 Å². The van der Waals surface area contributed by atoms with E-state index in [1.54, 1.807) is 31.4 Å². The number of anilines is 1. The molecule has 0 unspecified atom stereocenters. The lowest BCUT2D eigenvalue weighted by atomic mass is 9.80. The van der Waals surface area contributed by atoms with E-state index in [-0.39, 0.29) is 28.5 Å². The fourth-order valence-electron chi connectivity index (χ4n) is 4.57. The molecule has 1 N–H and O–H groups in total. The van der Waals surface area contributed by atoms with Gasteiger partial charge in [0.2, 0.25) is 0 Å². The quantitative estimate of drug-likeness (QED) is 0.102. The molecule has 7 nitrogen and oxygen atoms in total. The summed E-state index contributed by atoms with van der Waals surface area (Å²) >= 11 is 0. The Morgan fingerprint density at radius 2 is 1.55 bits per heavy atom. The van der Waals surface area contributed by atoms with Gasteiger partial charge in [-0.2, -0.15) is 0 Å². The number of nitrogens with one attached hydrogen (secondary N) is 1. The van der Waals surface area contributed by atoms with Crippen LogP contribution in [-0.4, -0.2) is 25.1 Å². The van der Waals surface area contributed by atoms with Gasteiger partial charge in [0.25, 0.3) is 5.69 Å². The number of nitro benzene ring substituents is 1. The number of nitrogens with zero attached hydrogens (tertiary/aromatic N) is 1. The molecule has 200 valence electrons.